The monoisotopic (exact) mass is 295 g/mol. The van der Waals surface area contributed by atoms with E-state index in [4.69, 9.17) is 0 Å². The molecule has 2 nitrogen and oxygen atoms in total. The first-order valence-electron chi connectivity index (χ1n) is 7.43. The number of hydrogen-bond donors (Lipinski definition) is 1. The maximum absolute atomic E-state index is 12.1. The Morgan fingerprint density at radius 3 is 2.48 bits per heavy atom. The number of Topliss-reactive ketones (excluding diaryl/α,β-unsaturated/α-hetero) is 1. The highest BCUT2D eigenvalue weighted by molar-refractivity contribution is 6.11. The number of hydrogen-bond acceptors (Lipinski definition) is 1. The van der Waals surface area contributed by atoms with E-state index in [9.17, 15) is 4.79 Å². The van der Waals surface area contributed by atoms with Crippen LogP contribution in [0.25, 0.3) is 21.7 Å². The summed E-state index contributed by atoms with van der Waals surface area (Å²) < 4.78 is 0. The van der Waals surface area contributed by atoms with Crippen molar-refractivity contribution < 1.29 is 4.79 Å². The lowest BCUT2D eigenvalue weighted by molar-refractivity contribution is 0.105. The molecule has 0 spiro atoms. The molecule has 1 N–H and O–H groups in total. The molecule has 108 valence electrons. The van der Waals surface area contributed by atoms with Crippen LogP contribution >= 0.6 is 0 Å². The van der Waals surface area contributed by atoms with Crippen LogP contribution in [0.4, 0.5) is 0 Å². The molecule has 0 radical (unpaired) electrons. The summed E-state index contributed by atoms with van der Waals surface area (Å²) in [7, 11) is 0. The first kappa shape index (κ1) is 13.4. The Morgan fingerprint density at radius 1 is 0.826 bits per heavy atom. The summed E-state index contributed by atoms with van der Waals surface area (Å²) in [5, 5.41) is 3.38. The van der Waals surface area contributed by atoms with Gasteiger partial charge in [-0.1, -0.05) is 72.7 Å². The van der Waals surface area contributed by atoms with Gasteiger partial charge in [-0.2, -0.15) is 0 Å². The van der Waals surface area contributed by atoms with Crippen molar-refractivity contribution in [1.29, 1.82) is 0 Å². The van der Waals surface area contributed by atoms with Crippen LogP contribution in [-0.2, 0) is 0 Å². The first-order chi connectivity index (χ1) is 11.3. The standard InChI is InChI=1S/C21H13NO/c23-20(16-7-2-1-3-8-16)13-11-17-14-22-21-18-9-5-4-6-15(18)10-12-19(17)21/h1-10,12,14,22H. The van der Waals surface area contributed by atoms with Crippen molar-refractivity contribution in [2.45, 2.75) is 0 Å². The zero-order chi connectivity index (χ0) is 15.6. The van der Waals surface area contributed by atoms with E-state index in [-0.39, 0.29) is 5.78 Å². The molecule has 0 saturated heterocycles. The Bertz CT molecular complexity index is 1080. The summed E-state index contributed by atoms with van der Waals surface area (Å²) in [5.41, 5.74) is 2.51. The minimum atomic E-state index is -0.166. The maximum atomic E-state index is 12.1. The van der Waals surface area contributed by atoms with Crippen LogP contribution in [0, 0.1) is 11.8 Å². The van der Waals surface area contributed by atoms with Gasteiger partial charge in [0.05, 0.1) is 11.1 Å². The van der Waals surface area contributed by atoms with Crippen molar-refractivity contribution in [1.82, 2.24) is 4.98 Å². The van der Waals surface area contributed by atoms with E-state index in [1.807, 2.05) is 42.6 Å². The maximum Gasteiger partial charge on any atom is 0.236 e. The van der Waals surface area contributed by atoms with Gasteiger partial charge in [-0.3, -0.25) is 4.79 Å². The van der Waals surface area contributed by atoms with Gasteiger partial charge in [0.2, 0.25) is 5.78 Å². The molecule has 3 aromatic carbocycles. The normalized spacial score (nSPS) is 10.4. The van der Waals surface area contributed by atoms with Gasteiger partial charge < -0.3 is 4.98 Å². The summed E-state index contributed by atoms with van der Waals surface area (Å²) in [6, 6.07) is 21.5. The minimum Gasteiger partial charge on any atom is -0.359 e. The van der Waals surface area contributed by atoms with Crippen molar-refractivity contribution in [3.63, 3.8) is 0 Å². The van der Waals surface area contributed by atoms with Gasteiger partial charge in [0.25, 0.3) is 0 Å². The summed E-state index contributed by atoms with van der Waals surface area (Å²) in [6.45, 7) is 0. The number of fused-ring (bicyclic) bond motifs is 3. The third kappa shape index (κ3) is 2.39. The molecule has 4 rings (SSSR count). The largest absolute Gasteiger partial charge is 0.359 e. The molecule has 0 unspecified atom stereocenters. The minimum absolute atomic E-state index is 0.166. The van der Waals surface area contributed by atoms with Crippen LogP contribution in [0.3, 0.4) is 0 Å². The molecule has 0 aliphatic rings. The molecule has 23 heavy (non-hydrogen) atoms. The van der Waals surface area contributed by atoms with Crippen molar-refractivity contribution >= 4 is 27.5 Å². The van der Waals surface area contributed by atoms with E-state index in [1.54, 1.807) is 12.1 Å². The highest BCUT2D eigenvalue weighted by Crippen LogP contribution is 2.26. The Hall–Kier alpha value is -3.31. The number of aromatic amines is 1. The summed E-state index contributed by atoms with van der Waals surface area (Å²) >= 11 is 0. The number of rotatable bonds is 1. The molecular formula is C21H13NO. The summed E-state index contributed by atoms with van der Waals surface area (Å²) in [4.78, 5) is 15.4. The molecule has 0 atom stereocenters. The number of aromatic nitrogens is 1. The fraction of sp³-hybridized carbons (Fsp3) is 0. The predicted molar refractivity (Wildman–Crippen MR) is 93.5 cm³/mol. The van der Waals surface area contributed by atoms with Gasteiger partial charge in [-0.25, -0.2) is 0 Å². The molecule has 2 heteroatoms. The Labute approximate surface area is 133 Å². The molecule has 0 saturated carbocycles. The Kier molecular flexibility index (Phi) is 3.18. The number of ketones is 1. The van der Waals surface area contributed by atoms with Gasteiger partial charge in [-0.05, 0) is 11.3 Å². The number of carbonyl (C=O) groups excluding carboxylic acids is 1. The second kappa shape index (κ2) is 5.47. The molecule has 0 bridgehead atoms. The van der Waals surface area contributed by atoms with Gasteiger partial charge >= 0.3 is 0 Å². The SMILES string of the molecule is O=C(C#Cc1c[nH]c2c1ccc1ccccc12)c1ccccc1. The third-order valence-electron chi connectivity index (χ3n) is 3.93. The molecule has 4 aromatic rings. The quantitative estimate of drug-likeness (QED) is 0.405. The van der Waals surface area contributed by atoms with Crippen LogP contribution in [0.5, 0.6) is 0 Å². The second-order valence-electron chi connectivity index (χ2n) is 5.36. The van der Waals surface area contributed by atoms with Crippen molar-refractivity contribution in [3.8, 4) is 11.8 Å². The highest BCUT2D eigenvalue weighted by Gasteiger charge is 2.06. The topological polar surface area (TPSA) is 32.9 Å². The highest BCUT2D eigenvalue weighted by atomic mass is 16.1. The number of nitrogens with one attached hydrogen (secondary N) is 1. The zero-order valence-electron chi connectivity index (χ0n) is 12.3. The van der Waals surface area contributed by atoms with Crippen molar-refractivity contribution in [3.05, 3.63) is 84.1 Å². The van der Waals surface area contributed by atoms with Gasteiger partial charge in [-0.15, -0.1) is 0 Å². The van der Waals surface area contributed by atoms with Crippen molar-refractivity contribution in [2.75, 3.05) is 0 Å². The lowest BCUT2D eigenvalue weighted by Crippen LogP contribution is -1.93. The van der Waals surface area contributed by atoms with Crippen LogP contribution in [0.1, 0.15) is 15.9 Å². The first-order valence-corrected chi connectivity index (χ1v) is 7.43. The van der Waals surface area contributed by atoms with E-state index in [0.29, 0.717) is 5.56 Å². The Balaban J connectivity index is 1.78. The third-order valence-corrected chi connectivity index (χ3v) is 3.93. The van der Waals surface area contributed by atoms with E-state index in [2.05, 4.69) is 35.0 Å². The number of benzene rings is 3. The lowest BCUT2D eigenvalue weighted by Gasteiger charge is -1.98. The zero-order valence-corrected chi connectivity index (χ0v) is 12.3. The molecule has 0 amide bonds. The predicted octanol–water partition coefficient (Wildman–Crippen LogP) is 4.56. The van der Waals surface area contributed by atoms with E-state index in [0.717, 1.165) is 21.9 Å². The number of H-pyrrole nitrogens is 1. The van der Waals surface area contributed by atoms with E-state index >= 15 is 0 Å². The van der Waals surface area contributed by atoms with Gasteiger partial charge in [0, 0.05) is 22.5 Å². The molecular weight excluding hydrogens is 282 g/mol. The van der Waals surface area contributed by atoms with Gasteiger partial charge in [0.15, 0.2) is 0 Å². The number of carbonyl (C=O) groups is 1. The molecule has 0 fully saturated rings. The molecule has 0 aliphatic heterocycles. The molecule has 0 aliphatic carbocycles. The fourth-order valence-corrected chi connectivity index (χ4v) is 2.76. The summed E-state index contributed by atoms with van der Waals surface area (Å²) in [6.07, 6.45) is 1.86. The summed E-state index contributed by atoms with van der Waals surface area (Å²) in [5.74, 6) is 5.57. The average molecular weight is 295 g/mol. The van der Waals surface area contributed by atoms with Crippen LogP contribution in [0.15, 0.2) is 72.9 Å². The Morgan fingerprint density at radius 2 is 1.61 bits per heavy atom. The average Bonchev–Trinajstić information content (AvgIpc) is 3.04. The van der Waals surface area contributed by atoms with Gasteiger partial charge in [0.1, 0.15) is 0 Å². The van der Waals surface area contributed by atoms with Crippen LogP contribution in [0.2, 0.25) is 0 Å². The van der Waals surface area contributed by atoms with Crippen LogP contribution in [-0.4, -0.2) is 10.8 Å². The second-order valence-corrected chi connectivity index (χ2v) is 5.36. The fourth-order valence-electron chi connectivity index (χ4n) is 2.76. The van der Waals surface area contributed by atoms with E-state index in [1.165, 1.54) is 5.39 Å². The lowest BCUT2D eigenvalue weighted by atomic mass is 10.1. The smallest absolute Gasteiger partial charge is 0.236 e. The van der Waals surface area contributed by atoms with Crippen molar-refractivity contribution in [2.24, 2.45) is 0 Å². The van der Waals surface area contributed by atoms with Crippen LogP contribution < -0.4 is 0 Å². The molecule has 1 aromatic heterocycles. The molecule has 1 heterocycles. The van der Waals surface area contributed by atoms with E-state index < -0.39 is 0 Å².